The molecule has 82 valence electrons. The minimum atomic E-state index is -0.834. The van der Waals surface area contributed by atoms with Crippen LogP contribution >= 0.6 is 11.8 Å². The highest BCUT2D eigenvalue weighted by molar-refractivity contribution is 8.00. The van der Waals surface area contributed by atoms with Crippen LogP contribution < -0.4 is 5.32 Å². The molecule has 0 aromatic rings. The van der Waals surface area contributed by atoms with Gasteiger partial charge in [0.1, 0.15) is 0 Å². The second-order valence-corrected chi connectivity index (χ2v) is 4.77. The number of carboxylic acids is 1. The van der Waals surface area contributed by atoms with Gasteiger partial charge in [0.2, 0.25) is 5.91 Å². The molecule has 5 heteroatoms. The summed E-state index contributed by atoms with van der Waals surface area (Å²) in [6.45, 7) is 5.41. The summed E-state index contributed by atoms with van der Waals surface area (Å²) in [5, 5.41) is 10.9. The van der Waals surface area contributed by atoms with Crippen LogP contribution in [-0.4, -0.2) is 34.0 Å². The zero-order valence-corrected chi connectivity index (χ0v) is 9.56. The Labute approximate surface area is 88.4 Å². The smallest absolute Gasteiger partial charge is 0.316 e. The highest BCUT2D eigenvalue weighted by Crippen LogP contribution is 2.11. The molecule has 14 heavy (non-hydrogen) atoms. The van der Waals surface area contributed by atoms with Gasteiger partial charge in [-0.1, -0.05) is 0 Å². The third-order valence-electron chi connectivity index (χ3n) is 1.49. The predicted octanol–water partition coefficient (Wildman–Crippen LogP) is 1.11. The first-order valence-corrected chi connectivity index (χ1v) is 5.62. The number of carbonyl (C=O) groups is 2. The third-order valence-corrected chi connectivity index (χ3v) is 2.64. The molecular weight excluding hydrogens is 202 g/mol. The van der Waals surface area contributed by atoms with Crippen molar-refractivity contribution in [3.8, 4) is 0 Å². The largest absolute Gasteiger partial charge is 0.480 e. The van der Waals surface area contributed by atoms with Crippen molar-refractivity contribution >= 4 is 23.6 Å². The summed E-state index contributed by atoms with van der Waals surface area (Å²) < 4.78 is 0. The maximum Gasteiger partial charge on any atom is 0.316 e. The van der Waals surface area contributed by atoms with Gasteiger partial charge in [-0.25, -0.2) is 0 Å². The van der Waals surface area contributed by atoms with Crippen LogP contribution in [0.1, 0.15) is 27.2 Å². The van der Waals surface area contributed by atoms with Crippen molar-refractivity contribution in [3.05, 3.63) is 0 Å². The van der Waals surface area contributed by atoms with E-state index in [9.17, 15) is 9.59 Å². The molecule has 4 nitrogen and oxygen atoms in total. The third kappa shape index (κ3) is 6.77. The van der Waals surface area contributed by atoms with E-state index >= 15 is 0 Å². The summed E-state index contributed by atoms with van der Waals surface area (Å²) in [5.74, 6) is -0.309. The number of amides is 1. The lowest BCUT2D eigenvalue weighted by atomic mass is 10.3. The summed E-state index contributed by atoms with van der Waals surface area (Å²) in [5.41, 5.74) is 0. The van der Waals surface area contributed by atoms with Crippen molar-refractivity contribution in [2.75, 3.05) is 5.75 Å². The van der Waals surface area contributed by atoms with E-state index in [2.05, 4.69) is 5.32 Å². The molecule has 0 rings (SSSR count). The molecular formula is C9H17NO3S. The lowest BCUT2D eigenvalue weighted by Gasteiger charge is -2.08. The summed E-state index contributed by atoms with van der Waals surface area (Å²) >= 11 is 1.28. The van der Waals surface area contributed by atoms with E-state index in [4.69, 9.17) is 5.11 Å². The number of hydrogen-bond acceptors (Lipinski definition) is 3. The Hall–Kier alpha value is -0.710. The Bertz CT molecular complexity index is 206. The lowest BCUT2D eigenvalue weighted by molar-refractivity contribution is -0.136. The minimum absolute atomic E-state index is 0.0231. The molecule has 1 unspecified atom stereocenters. The molecule has 0 saturated carbocycles. The summed E-state index contributed by atoms with van der Waals surface area (Å²) in [7, 11) is 0. The predicted molar refractivity (Wildman–Crippen MR) is 57.5 cm³/mol. The molecule has 0 heterocycles. The Balaban J connectivity index is 3.54. The summed E-state index contributed by atoms with van der Waals surface area (Å²) in [6, 6.07) is 0.143. The molecule has 0 aromatic heterocycles. The SMILES string of the molecule is CC(C)NC(=O)CCSC(C)C(=O)O. The van der Waals surface area contributed by atoms with E-state index in [1.807, 2.05) is 13.8 Å². The van der Waals surface area contributed by atoms with Crippen molar-refractivity contribution < 1.29 is 14.7 Å². The molecule has 1 amide bonds. The van der Waals surface area contributed by atoms with Gasteiger partial charge in [0.15, 0.2) is 0 Å². The molecule has 0 saturated heterocycles. The molecule has 2 N–H and O–H groups in total. The normalized spacial score (nSPS) is 12.6. The Morgan fingerprint density at radius 2 is 1.93 bits per heavy atom. The molecule has 0 radical (unpaired) electrons. The minimum Gasteiger partial charge on any atom is -0.480 e. The van der Waals surface area contributed by atoms with Gasteiger partial charge in [-0.2, -0.15) is 0 Å². The highest BCUT2D eigenvalue weighted by Gasteiger charge is 2.11. The maximum absolute atomic E-state index is 11.1. The Morgan fingerprint density at radius 3 is 2.36 bits per heavy atom. The van der Waals surface area contributed by atoms with Crippen LogP contribution in [-0.2, 0) is 9.59 Å². The molecule has 0 aliphatic rings. The fourth-order valence-electron chi connectivity index (χ4n) is 0.794. The van der Waals surface area contributed by atoms with Crippen LogP contribution in [0.15, 0.2) is 0 Å². The first-order valence-electron chi connectivity index (χ1n) is 4.57. The fourth-order valence-corrected chi connectivity index (χ4v) is 1.59. The molecule has 0 aromatic carbocycles. The van der Waals surface area contributed by atoms with Gasteiger partial charge >= 0.3 is 5.97 Å². The molecule has 0 aliphatic heterocycles. The lowest BCUT2D eigenvalue weighted by Crippen LogP contribution is -2.30. The number of rotatable bonds is 6. The first-order chi connectivity index (χ1) is 6.43. The van der Waals surface area contributed by atoms with Crippen LogP contribution in [0.3, 0.4) is 0 Å². The number of aliphatic carboxylic acids is 1. The standard InChI is InChI=1S/C9H17NO3S/c1-6(2)10-8(11)4-5-14-7(3)9(12)13/h6-7H,4-5H2,1-3H3,(H,10,11)(H,12,13). The quantitative estimate of drug-likeness (QED) is 0.702. The van der Waals surface area contributed by atoms with Crippen LogP contribution in [0.4, 0.5) is 0 Å². The molecule has 0 fully saturated rings. The number of carbonyl (C=O) groups excluding carboxylic acids is 1. The summed E-state index contributed by atoms with van der Waals surface area (Å²) in [6.07, 6.45) is 0.375. The maximum atomic E-state index is 11.1. The van der Waals surface area contributed by atoms with Crippen molar-refractivity contribution in [3.63, 3.8) is 0 Å². The first kappa shape index (κ1) is 13.3. The fraction of sp³-hybridized carbons (Fsp3) is 0.778. The van der Waals surface area contributed by atoms with Crippen molar-refractivity contribution in [2.45, 2.75) is 38.5 Å². The topological polar surface area (TPSA) is 66.4 Å². The molecule has 0 aliphatic carbocycles. The number of carboxylic acid groups (broad SMARTS) is 1. The van der Waals surface area contributed by atoms with Crippen LogP contribution in [0.25, 0.3) is 0 Å². The average Bonchev–Trinajstić information content (AvgIpc) is 2.02. The molecule has 1 atom stereocenters. The van der Waals surface area contributed by atoms with E-state index in [1.165, 1.54) is 11.8 Å². The summed E-state index contributed by atoms with van der Waals surface area (Å²) in [4.78, 5) is 21.6. The van der Waals surface area contributed by atoms with Crippen LogP contribution in [0.5, 0.6) is 0 Å². The molecule has 0 spiro atoms. The molecule has 0 bridgehead atoms. The van der Waals surface area contributed by atoms with Gasteiger partial charge in [-0.15, -0.1) is 11.8 Å². The second kappa shape index (κ2) is 6.70. The van der Waals surface area contributed by atoms with Crippen LogP contribution in [0.2, 0.25) is 0 Å². The zero-order valence-electron chi connectivity index (χ0n) is 8.74. The van der Waals surface area contributed by atoms with Gasteiger partial charge in [0, 0.05) is 18.2 Å². The number of thioether (sulfide) groups is 1. The Morgan fingerprint density at radius 1 is 1.36 bits per heavy atom. The van der Waals surface area contributed by atoms with Gasteiger partial charge in [-0.3, -0.25) is 9.59 Å². The van der Waals surface area contributed by atoms with Crippen LogP contribution in [0, 0.1) is 0 Å². The van der Waals surface area contributed by atoms with Crippen molar-refractivity contribution in [1.82, 2.24) is 5.32 Å². The van der Waals surface area contributed by atoms with E-state index < -0.39 is 11.2 Å². The van der Waals surface area contributed by atoms with E-state index in [1.54, 1.807) is 6.92 Å². The average molecular weight is 219 g/mol. The zero-order chi connectivity index (χ0) is 11.1. The monoisotopic (exact) mass is 219 g/mol. The Kier molecular flexibility index (Phi) is 6.36. The van der Waals surface area contributed by atoms with Crippen molar-refractivity contribution in [2.24, 2.45) is 0 Å². The number of nitrogens with one attached hydrogen (secondary N) is 1. The van der Waals surface area contributed by atoms with Crippen molar-refractivity contribution in [1.29, 1.82) is 0 Å². The number of hydrogen-bond donors (Lipinski definition) is 2. The van der Waals surface area contributed by atoms with Gasteiger partial charge in [-0.05, 0) is 20.8 Å². The van der Waals surface area contributed by atoms with Gasteiger partial charge in [0.25, 0.3) is 0 Å². The highest BCUT2D eigenvalue weighted by atomic mass is 32.2. The van der Waals surface area contributed by atoms with Gasteiger partial charge < -0.3 is 10.4 Å². The van der Waals surface area contributed by atoms with E-state index in [-0.39, 0.29) is 11.9 Å². The van der Waals surface area contributed by atoms with E-state index in [0.717, 1.165) is 0 Å². The van der Waals surface area contributed by atoms with Gasteiger partial charge in [0.05, 0.1) is 5.25 Å². The van der Waals surface area contributed by atoms with E-state index in [0.29, 0.717) is 12.2 Å². The second-order valence-electron chi connectivity index (χ2n) is 3.32.